The summed E-state index contributed by atoms with van der Waals surface area (Å²) in [5, 5.41) is 13.4. The Labute approximate surface area is 143 Å². The van der Waals surface area contributed by atoms with Crippen LogP contribution in [0.4, 0.5) is 30.7 Å². The van der Waals surface area contributed by atoms with E-state index in [-0.39, 0.29) is 12.2 Å². The van der Waals surface area contributed by atoms with Gasteiger partial charge < -0.3 is 5.11 Å². The highest BCUT2D eigenvalue weighted by molar-refractivity contribution is 5.62. The minimum absolute atomic E-state index is 0.130. The van der Waals surface area contributed by atoms with Gasteiger partial charge in [-0.1, -0.05) is 24.3 Å². The molecule has 1 N–H and O–H groups in total. The van der Waals surface area contributed by atoms with Crippen molar-refractivity contribution in [3.05, 3.63) is 42.2 Å². The quantitative estimate of drug-likeness (QED) is 0.800. The van der Waals surface area contributed by atoms with Gasteiger partial charge >= 0.3 is 18.0 Å². The van der Waals surface area contributed by atoms with Crippen LogP contribution < -0.4 is 0 Å². The van der Waals surface area contributed by atoms with Gasteiger partial charge in [0, 0.05) is 17.3 Å². The van der Waals surface area contributed by atoms with Crippen molar-refractivity contribution in [1.29, 1.82) is 0 Å². The molecule has 0 radical (unpaired) electrons. The predicted octanol–water partition coefficient (Wildman–Crippen LogP) is 4.32. The number of aliphatic hydroxyl groups excluding tert-OH is 1. The molecular weight excluding hydrogens is 369 g/mol. The van der Waals surface area contributed by atoms with Crippen molar-refractivity contribution in [2.24, 2.45) is 0 Å². The number of nitrogens with zero attached hydrogens (tertiary/aromatic N) is 2. The van der Waals surface area contributed by atoms with Crippen molar-refractivity contribution >= 4 is 0 Å². The standard InChI is InChI=1S/C16H13F7N2O/c17-14(15(18,19)20,16(21,22)23)12-3-1-10(2-4-12)11-7-24-25(8-11)13(9-26)5-6-13/h1-4,7-8,26H,5-6,9H2. The third-order valence-corrected chi connectivity index (χ3v) is 4.59. The van der Waals surface area contributed by atoms with Gasteiger partial charge in [0.05, 0.1) is 18.3 Å². The molecule has 0 spiro atoms. The lowest BCUT2D eigenvalue weighted by Crippen LogP contribution is -2.50. The van der Waals surface area contributed by atoms with E-state index >= 15 is 0 Å². The van der Waals surface area contributed by atoms with E-state index in [0.717, 1.165) is 12.1 Å². The minimum Gasteiger partial charge on any atom is -0.394 e. The molecule has 2 aromatic rings. The molecule has 0 aliphatic heterocycles. The molecule has 3 nitrogen and oxygen atoms in total. The van der Waals surface area contributed by atoms with Crippen LogP contribution in [0.25, 0.3) is 11.1 Å². The van der Waals surface area contributed by atoms with Crippen molar-refractivity contribution in [3.8, 4) is 11.1 Å². The zero-order chi connectivity index (χ0) is 19.4. The highest BCUT2D eigenvalue weighted by Gasteiger charge is 2.73. The first-order chi connectivity index (χ1) is 11.9. The maximum absolute atomic E-state index is 14.0. The average Bonchev–Trinajstić information content (AvgIpc) is 3.20. The van der Waals surface area contributed by atoms with Crippen molar-refractivity contribution in [2.45, 2.75) is 36.4 Å². The molecule has 1 aliphatic rings. The lowest BCUT2D eigenvalue weighted by Gasteiger charge is -2.30. The maximum Gasteiger partial charge on any atom is 0.435 e. The largest absolute Gasteiger partial charge is 0.435 e. The van der Waals surface area contributed by atoms with E-state index < -0.39 is 29.1 Å². The van der Waals surface area contributed by atoms with E-state index in [1.807, 2.05) is 0 Å². The molecule has 0 bridgehead atoms. The van der Waals surface area contributed by atoms with Crippen LogP contribution in [-0.4, -0.2) is 33.8 Å². The van der Waals surface area contributed by atoms with Crippen LogP contribution in [0.15, 0.2) is 36.7 Å². The molecule has 26 heavy (non-hydrogen) atoms. The Morgan fingerprint density at radius 2 is 1.46 bits per heavy atom. The Morgan fingerprint density at radius 3 is 1.88 bits per heavy atom. The molecule has 142 valence electrons. The summed E-state index contributed by atoms with van der Waals surface area (Å²) < 4.78 is 92.1. The first-order valence-electron chi connectivity index (χ1n) is 7.54. The number of aliphatic hydroxyl groups is 1. The second-order valence-corrected chi connectivity index (χ2v) is 6.29. The van der Waals surface area contributed by atoms with Crippen molar-refractivity contribution in [3.63, 3.8) is 0 Å². The van der Waals surface area contributed by atoms with E-state index in [0.29, 0.717) is 30.5 Å². The van der Waals surface area contributed by atoms with Crippen LogP contribution in [0.2, 0.25) is 0 Å². The van der Waals surface area contributed by atoms with Gasteiger partial charge in [0.25, 0.3) is 0 Å². The van der Waals surface area contributed by atoms with Crippen LogP contribution >= 0.6 is 0 Å². The summed E-state index contributed by atoms with van der Waals surface area (Å²) in [7, 11) is 0. The molecule has 0 atom stereocenters. The summed E-state index contributed by atoms with van der Waals surface area (Å²) in [6, 6.07) is 2.88. The summed E-state index contributed by atoms with van der Waals surface area (Å²) in [4.78, 5) is 0. The van der Waals surface area contributed by atoms with Gasteiger partial charge in [0.15, 0.2) is 0 Å². The van der Waals surface area contributed by atoms with Crippen LogP contribution in [-0.2, 0) is 11.2 Å². The molecule has 0 amide bonds. The number of hydrogen-bond acceptors (Lipinski definition) is 2. The first-order valence-corrected chi connectivity index (χ1v) is 7.54. The molecule has 0 unspecified atom stereocenters. The van der Waals surface area contributed by atoms with E-state index in [9.17, 15) is 35.8 Å². The van der Waals surface area contributed by atoms with Crippen LogP contribution in [0.1, 0.15) is 18.4 Å². The van der Waals surface area contributed by atoms with Crippen LogP contribution in [0.3, 0.4) is 0 Å². The Bertz CT molecular complexity index is 774. The van der Waals surface area contributed by atoms with Gasteiger partial charge in [-0.3, -0.25) is 4.68 Å². The summed E-state index contributed by atoms with van der Waals surface area (Å²) in [5.74, 6) is 0. The fourth-order valence-corrected chi connectivity index (χ4v) is 2.72. The normalized spacial score (nSPS) is 17.4. The number of halogens is 7. The number of benzene rings is 1. The lowest BCUT2D eigenvalue weighted by molar-refractivity contribution is -0.348. The monoisotopic (exact) mass is 382 g/mol. The SMILES string of the molecule is OCC1(n2cc(-c3ccc(C(F)(C(F)(F)F)C(F)(F)F)cc3)cn2)CC1. The summed E-state index contributed by atoms with van der Waals surface area (Å²) in [6.07, 6.45) is -7.94. The fraction of sp³-hybridized carbons (Fsp3) is 0.438. The van der Waals surface area contributed by atoms with Crippen molar-refractivity contribution < 1.29 is 35.8 Å². The number of hydrogen-bond donors (Lipinski definition) is 1. The molecule has 10 heteroatoms. The summed E-state index contributed by atoms with van der Waals surface area (Å²) in [5.41, 5.74) is -6.78. The highest BCUT2D eigenvalue weighted by Crippen LogP contribution is 2.53. The molecule has 1 aromatic heterocycles. The molecule has 1 heterocycles. The zero-order valence-corrected chi connectivity index (χ0v) is 13.1. The number of alkyl halides is 7. The smallest absolute Gasteiger partial charge is 0.394 e. The Kier molecular flexibility index (Phi) is 4.10. The van der Waals surface area contributed by atoms with Crippen molar-refractivity contribution in [2.75, 3.05) is 6.61 Å². The Balaban J connectivity index is 1.94. The molecule has 3 rings (SSSR count). The molecule has 1 fully saturated rings. The van der Waals surface area contributed by atoms with E-state index in [2.05, 4.69) is 5.10 Å². The average molecular weight is 382 g/mol. The maximum atomic E-state index is 14.0. The molecule has 1 aromatic carbocycles. The highest BCUT2D eigenvalue weighted by atomic mass is 19.4. The van der Waals surface area contributed by atoms with Gasteiger partial charge in [-0.05, 0) is 18.4 Å². The lowest BCUT2D eigenvalue weighted by atomic mass is 9.92. The van der Waals surface area contributed by atoms with Crippen molar-refractivity contribution in [1.82, 2.24) is 9.78 Å². The van der Waals surface area contributed by atoms with Gasteiger partial charge in [-0.2, -0.15) is 31.4 Å². The number of aromatic nitrogens is 2. The second-order valence-electron chi connectivity index (χ2n) is 6.29. The first kappa shape index (κ1) is 18.7. The fourth-order valence-electron chi connectivity index (χ4n) is 2.72. The Hall–Kier alpha value is -2.10. The van der Waals surface area contributed by atoms with Gasteiger partial charge in [0.1, 0.15) is 0 Å². The number of rotatable bonds is 4. The second kappa shape index (κ2) is 5.70. The molecule has 1 aliphatic carbocycles. The predicted molar refractivity (Wildman–Crippen MR) is 76.9 cm³/mol. The zero-order valence-electron chi connectivity index (χ0n) is 13.1. The van der Waals surface area contributed by atoms with E-state index in [1.54, 1.807) is 0 Å². The molecule has 1 saturated carbocycles. The molecular formula is C16H13F7N2O. The minimum atomic E-state index is -6.14. The van der Waals surface area contributed by atoms with E-state index in [4.69, 9.17) is 0 Å². The third kappa shape index (κ3) is 2.76. The third-order valence-electron chi connectivity index (χ3n) is 4.59. The Morgan fingerprint density at radius 1 is 0.923 bits per heavy atom. The van der Waals surface area contributed by atoms with Gasteiger partial charge in [0.2, 0.25) is 0 Å². The molecule has 0 saturated heterocycles. The summed E-state index contributed by atoms with van der Waals surface area (Å²) >= 11 is 0. The van der Waals surface area contributed by atoms with Gasteiger partial charge in [-0.25, -0.2) is 4.39 Å². The van der Waals surface area contributed by atoms with Gasteiger partial charge in [-0.15, -0.1) is 0 Å². The topological polar surface area (TPSA) is 38.0 Å². The summed E-state index contributed by atoms with van der Waals surface area (Å²) in [6.45, 7) is -0.130. The van der Waals surface area contributed by atoms with Crippen LogP contribution in [0.5, 0.6) is 0 Å². The van der Waals surface area contributed by atoms with Crippen LogP contribution in [0, 0.1) is 0 Å². The van der Waals surface area contributed by atoms with E-state index in [1.165, 1.54) is 17.1 Å².